The van der Waals surface area contributed by atoms with Crippen LogP contribution in [0.2, 0.25) is 0 Å². The molecule has 3 N–H and O–H groups in total. The average Bonchev–Trinajstić information content (AvgIpc) is 2.19. The molecule has 0 spiro atoms. The van der Waals surface area contributed by atoms with Gasteiger partial charge in [-0.2, -0.15) is 0 Å². The van der Waals surface area contributed by atoms with Gasteiger partial charge in [-0.15, -0.1) is 0 Å². The third kappa shape index (κ3) is 3.43. The highest BCUT2D eigenvalue weighted by Gasteiger charge is 2.27. The lowest BCUT2D eigenvalue weighted by atomic mass is 10.0. The minimum absolute atomic E-state index is 0.216. The first kappa shape index (κ1) is 14.9. The first-order valence-corrected chi connectivity index (χ1v) is 7.26. The van der Waals surface area contributed by atoms with E-state index in [0.717, 1.165) is 12.5 Å². The molecule has 0 fully saturated rings. The Kier molecular flexibility index (Phi) is 4.34. The number of sulfonamides is 1. The fourth-order valence-corrected chi connectivity index (χ4v) is 3.43. The van der Waals surface area contributed by atoms with Gasteiger partial charge in [0.1, 0.15) is 10.7 Å². The largest absolute Gasteiger partial charge is 0.395 e. The summed E-state index contributed by atoms with van der Waals surface area (Å²) < 4.78 is 40.1. The molecule has 1 aromatic carbocycles. The molecule has 0 atom stereocenters. The number of rotatable bonds is 5. The monoisotopic (exact) mass is 274 g/mol. The van der Waals surface area contributed by atoms with Crippen LogP contribution in [0.5, 0.6) is 0 Å². The van der Waals surface area contributed by atoms with Gasteiger partial charge < -0.3 is 5.73 Å². The number of para-hydroxylation sites is 1. The molecule has 1 aromatic rings. The lowest BCUT2D eigenvalue weighted by molar-refractivity contribution is 0.417. The van der Waals surface area contributed by atoms with Crippen molar-refractivity contribution in [1.82, 2.24) is 4.72 Å². The Balaban J connectivity index is 3.11. The Labute approximate surface area is 107 Å². The van der Waals surface area contributed by atoms with Gasteiger partial charge >= 0.3 is 0 Å². The fraction of sp³-hybridized carbons (Fsp3) is 0.500. The predicted octanol–water partition coefficient (Wildman–Crippen LogP) is 2.26. The number of benzene rings is 1. The van der Waals surface area contributed by atoms with Gasteiger partial charge in [0.25, 0.3) is 0 Å². The molecule has 0 saturated heterocycles. The molecule has 1 rings (SSSR count). The van der Waals surface area contributed by atoms with Gasteiger partial charge in [0.05, 0.1) is 5.69 Å². The van der Waals surface area contributed by atoms with E-state index in [-0.39, 0.29) is 10.6 Å². The summed E-state index contributed by atoms with van der Waals surface area (Å²) >= 11 is 0. The van der Waals surface area contributed by atoms with Crippen LogP contribution in [-0.4, -0.2) is 14.0 Å². The minimum atomic E-state index is -3.81. The fourth-order valence-electron chi connectivity index (χ4n) is 1.85. The zero-order valence-corrected chi connectivity index (χ0v) is 11.6. The van der Waals surface area contributed by atoms with Crippen molar-refractivity contribution in [1.29, 1.82) is 0 Å². The van der Waals surface area contributed by atoms with Crippen LogP contribution in [-0.2, 0) is 10.0 Å². The highest BCUT2D eigenvalue weighted by molar-refractivity contribution is 7.89. The number of nitrogens with one attached hydrogen (secondary N) is 1. The van der Waals surface area contributed by atoms with Crippen LogP contribution < -0.4 is 10.5 Å². The van der Waals surface area contributed by atoms with Crippen LogP contribution >= 0.6 is 0 Å². The molecule has 4 nitrogen and oxygen atoms in total. The molecule has 0 saturated carbocycles. The van der Waals surface area contributed by atoms with Crippen LogP contribution in [0.1, 0.15) is 33.6 Å². The van der Waals surface area contributed by atoms with Crippen molar-refractivity contribution in [2.24, 2.45) is 0 Å². The molecule has 18 heavy (non-hydrogen) atoms. The maximum Gasteiger partial charge on any atom is 0.243 e. The minimum Gasteiger partial charge on any atom is -0.395 e. The SMILES string of the molecule is CCCC(C)(C)NS(=O)(=O)c1cccc(F)c1N. The highest BCUT2D eigenvalue weighted by Crippen LogP contribution is 2.23. The van der Waals surface area contributed by atoms with E-state index >= 15 is 0 Å². The summed E-state index contributed by atoms with van der Waals surface area (Å²) in [5.41, 5.74) is 4.53. The smallest absolute Gasteiger partial charge is 0.243 e. The second-order valence-corrected chi connectivity index (χ2v) is 6.54. The number of hydrogen-bond acceptors (Lipinski definition) is 3. The molecular weight excluding hydrogens is 255 g/mol. The number of nitrogens with two attached hydrogens (primary N) is 1. The summed E-state index contributed by atoms with van der Waals surface area (Å²) in [5.74, 6) is -0.730. The maximum absolute atomic E-state index is 13.3. The van der Waals surface area contributed by atoms with E-state index in [9.17, 15) is 12.8 Å². The zero-order valence-electron chi connectivity index (χ0n) is 10.8. The number of anilines is 1. The molecular formula is C12H19FN2O2S. The molecule has 0 radical (unpaired) electrons. The molecule has 0 aliphatic carbocycles. The van der Waals surface area contributed by atoms with Crippen LogP contribution in [0, 0.1) is 5.82 Å². The number of hydrogen-bond donors (Lipinski definition) is 2. The van der Waals surface area contributed by atoms with Gasteiger partial charge in [-0.3, -0.25) is 0 Å². The van der Waals surface area contributed by atoms with E-state index in [1.807, 2.05) is 6.92 Å². The predicted molar refractivity (Wildman–Crippen MR) is 70.1 cm³/mol. The van der Waals surface area contributed by atoms with Crippen molar-refractivity contribution >= 4 is 15.7 Å². The molecule has 0 heterocycles. The van der Waals surface area contributed by atoms with Crippen LogP contribution in [0.3, 0.4) is 0 Å². The van der Waals surface area contributed by atoms with E-state index in [1.165, 1.54) is 12.1 Å². The molecule has 0 aliphatic heterocycles. The molecule has 0 aliphatic rings. The molecule has 6 heteroatoms. The topological polar surface area (TPSA) is 72.2 Å². The van der Waals surface area contributed by atoms with Gasteiger partial charge in [-0.25, -0.2) is 17.5 Å². The van der Waals surface area contributed by atoms with E-state index in [0.29, 0.717) is 6.42 Å². The van der Waals surface area contributed by atoms with Gasteiger partial charge in [-0.1, -0.05) is 19.4 Å². The van der Waals surface area contributed by atoms with Crippen molar-refractivity contribution in [3.8, 4) is 0 Å². The van der Waals surface area contributed by atoms with Gasteiger partial charge in [-0.05, 0) is 32.4 Å². The summed E-state index contributed by atoms with van der Waals surface area (Å²) in [6.45, 7) is 5.53. The highest BCUT2D eigenvalue weighted by atomic mass is 32.2. The molecule has 0 bridgehead atoms. The Bertz CT molecular complexity index is 527. The standard InChI is InChI=1S/C12H19FN2O2S/c1-4-8-12(2,3)15-18(16,17)10-7-5-6-9(13)11(10)14/h5-7,15H,4,8,14H2,1-3H3. The van der Waals surface area contributed by atoms with E-state index in [4.69, 9.17) is 5.73 Å². The molecule has 0 unspecified atom stereocenters. The van der Waals surface area contributed by atoms with E-state index in [2.05, 4.69) is 4.72 Å². The van der Waals surface area contributed by atoms with Crippen molar-refractivity contribution in [2.45, 2.75) is 44.0 Å². The third-order valence-electron chi connectivity index (χ3n) is 2.59. The van der Waals surface area contributed by atoms with E-state index in [1.54, 1.807) is 13.8 Å². The van der Waals surface area contributed by atoms with Gasteiger partial charge in [0.2, 0.25) is 10.0 Å². The third-order valence-corrected chi connectivity index (χ3v) is 4.34. The lowest BCUT2D eigenvalue weighted by Gasteiger charge is -2.25. The van der Waals surface area contributed by atoms with Gasteiger partial charge in [0, 0.05) is 5.54 Å². The van der Waals surface area contributed by atoms with Gasteiger partial charge in [0.15, 0.2) is 0 Å². The van der Waals surface area contributed by atoms with Crippen molar-refractivity contribution in [3.63, 3.8) is 0 Å². The van der Waals surface area contributed by atoms with E-state index < -0.39 is 21.4 Å². The summed E-state index contributed by atoms with van der Waals surface area (Å²) in [6.07, 6.45) is 1.52. The normalized spacial score (nSPS) is 12.7. The van der Waals surface area contributed by atoms with Crippen molar-refractivity contribution in [2.75, 3.05) is 5.73 Å². The maximum atomic E-state index is 13.3. The molecule has 0 amide bonds. The van der Waals surface area contributed by atoms with Crippen LogP contribution in [0.25, 0.3) is 0 Å². The number of halogens is 1. The number of nitrogen functional groups attached to an aromatic ring is 1. The summed E-state index contributed by atoms with van der Waals surface area (Å²) in [6, 6.07) is 3.75. The summed E-state index contributed by atoms with van der Waals surface area (Å²) in [4.78, 5) is -0.216. The first-order chi connectivity index (χ1) is 8.19. The summed E-state index contributed by atoms with van der Waals surface area (Å²) in [7, 11) is -3.81. The Morgan fingerprint density at radius 3 is 2.56 bits per heavy atom. The zero-order chi connectivity index (χ0) is 14.0. The molecule has 0 aromatic heterocycles. The van der Waals surface area contributed by atoms with Crippen LogP contribution in [0.15, 0.2) is 23.1 Å². The second kappa shape index (κ2) is 5.24. The second-order valence-electron chi connectivity index (χ2n) is 4.89. The summed E-state index contributed by atoms with van der Waals surface area (Å²) in [5, 5.41) is 0. The Morgan fingerprint density at radius 1 is 1.39 bits per heavy atom. The quantitative estimate of drug-likeness (QED) is 0.809. The average molecular weight is 274 g/mol. The van der Waals surface area contributed by atoms with Crippen molar-refractivity contribution in [3.05, 3.63) is 24.0 Å². The first-order valence-electron chi connectivity index (χ1n) is 5.77. The lowest BCUT2D eigenvalue weighted by Crippen LogP contribution is -2.43. The Morgan fingerprint density at radius 2 is 2.00 bits per heavy atom. The van der Waals surface area contributed by atoms with Crippen molar-refractivity contribution < 1.29 is 12.8 Å². The van der Waals surface area contributed by atoms with Crippen LogP contribution in [0.4, 0.5) is 10.1 Å². The Hall–Kier alpha value is -1.14. The molecule has 102 valence electrons.